The number of fused-ring (bicyclic) bond motifs is 1. The molecule has 2 aliphatic rings. The smallest absolute Gasteiger partial charge is 0.352 e. The first kappa shape index (κ1) is 28.6. The number of pyridine rings is 1. The molecule has 39 heavy (non-hydrogen) atoms. The number of likely N-dealkylation sites (N-methyl/N-ethyl adjacent to an activating group) is 1. The van der Waals surface area contributed by atoms with E-state index in [1.54, 1.807) is 17.8 Å². The average Bonchev–Trinajstić information content (AvgIpc) is 3.34. The summed E-state index contributed by atoms with van der Waals surface area (Å²) in [6, 6.07) is 3.12. The van der Waals surface area contributed by atoms with Crippen molar-refractivity contribution in [2.75, 3.05) is 37.9 Å². The number of thioether (sulfide) groups is 2. The van der Waals surface area contributed by atoms with Crippen LogP contribution in [0.3, 0.4) is 0 Å². The second kappa shape index (κ2) is 12.6. The molecule has 0 aliphatic carbocycles. The first-order valence-electron chi connectivity index (χ1n) is 11.8. The molecule has 2 aliphatic heterocycles. The Morgan fingerprint density at radius 2 is 2.13 bits per heavy atom. The van der Waals surface area contributed by atoms with Crippen LogP contribution in [0.2, 0.25) is 0 Å². The van der Waals surface area contributed by atoms with Crippen molar-refractivity contribution in [3.63, 3.8) is 0 Å². The van der Waals surface area contributed by atoms with Crippen molar-refractivity contribution < 1.29 is 29.3 Å². The van der Waals surface area contributed by atoms with Crippen LogP contribution in [-0.4, -0.2) is 92.2 Å². The molecule has 5 N–H and O–H groups in total. The lowest BCUT2D eigenvalue weighted by Gasteiger charge is -2.49. The Kier molecular flexibility index (Phi) is 9.27. The van der Waals surface area contributed by atoms with E-state index in [-0.39, 0.29) is 22.2 Å². The number of nitrogen functional groups attached to an aromatic ring is 1. The van der Waals surface area contributed by atoms with Crippen molar-refractivity contribution >= 4 is 63.5 Å². The van der Waals surface area contributed by atoms with E-state index in [0.29, 0.717) is 17.1 Å². The lowest BCUT2D eigenvalue weighted by Crippen LogP contribution is -2.71. The minimum Gasteiger partial charge on any atom is -0.477 e. The van der Waals surface area contributed by atoms with Crippen LogP contribution in [0.25, 0.3) is 0 Å². The van der Waals surface area contributed by atoms with Gasteiger partial charge in [0.2, 0.25) is 0 Å². The number of hydrogen-bond donors (Lipinski definition) is 4. The van der Waals surface area contributed by atoms with Crippen LogP contribution in [0.1, 0.15) is 5.69 Å². The molecule has 2 aromatic heterocycles. The molecule has 0 aromatic carbocycles. The molecule has 1 saturated heterocycles. The molecule has 206 valence electrons. The lowest BCUT2D eigenvalue weighted by atomic mass is 10.0. The van der Waals surface area contributed by atoms with Crippen molar-refractivity contribution in [1.82, 2.24) is 20.1 Å². The Morgan fingerprint density at radius 1 is 1.38 bits per heavy atom. The summed E-state index contributed by atoms with van der Waals surface area (Å²) >= 11 is 4.04. The van der Waals surface area contributed by atoms with Crippen LogP contribution in [0.5, 0.6) is 0 Å². The molecule has 2 amide bonds. The minimum atomic E-state index is -1.22. The van der Waals surface area contributed by atoms with Crippen LogP contribution in [0.15, 0.2) is 63.4 Å². The maximum absolute atomic E-state index is 12.9. The van der Waals surface area contributed by atoms with Crippen molar-refractivity contribution in [2.24, 2.45) is 5.16 Å². The van der Waals surface area contributed by atoms with Gasteiger partial charge in [-0.1, -0.05) is 17.3 Å². The monoisotopic (exact) mass is 590 g/mol. The Morgan fingerprint density at radius 3 is 2.74 bits per heavy atom. The van der Waals surface area contributed by atoms with Gasteiger partial charge in [-0.15, -0.1) is 34.9 Å². The van der Waals surface area contributed by atoms with Crippen molar-refractivity contribution in [2.45, 2.75) is 22.9 Å². The highest BCUT2D eigenvalue weighted by atomic mass is 32.2. The van der Waals surface area contributed by atoms with Gasteiger partial charge in [-0.25, -0.2) is 14.3 Å². The molecule has 0 bridgehead atoms. The molecular formula is C24H28N7O5S3+. The predicted octanol–water partition coefficient (Wildman–Crippen LogP) is 0.840. The lowest BCUT2D eigenvalue weighted by molar-refractivity contribution is -0.696. The second-order valence-electron chi connectivity index (χ2n) is 8.85. The fourth-order valence-electron chi connectivity index (χ4n) is 3.93. The van der Waals surface area contributed by atoms with E-state index < -0.39 is 29.2 Å². The molecule has 0 unspecified atom stereocenters. The van der Waals surface area contributed by atoms with Crippen LogP contribution in [0, 0.1) is 0 Å². The van der Waals surface area contributed by atoms with Gasteiger partial charge in [0.25, 0.3) is 11.8 Å². The van der Waals surface area contributed by atoms with E-state index >= 15 is 0 Å². The summed E-state index contributed by atoms with van der Waals surface area (Å²) in [6.45, 7) is 1.85. The number of carbonyl (C=O) groups is 3. The number of carboxylic acids is 1. The number of thiazole rings is 1. The van der Waals surface area contributed by atoms with Crippen LogP contribution in [0.4, 0.5) is 5.13 Å². The maximum Gasteiger partial charge on any atom is 0.352 e. The molecule has 0 radical (unpaired) electrons. The molecule has 4 rings (SSSR count). The number of carboxylic acid groups (broad SMARTS) is 1. The zero-order valence-corrected chi connectivity index (χ0v) is 23.6. The molecule has 2 aromatic rings. The second-order valence-corrected chi connectivity index (χ2v) is 11.9. The SMILES string of the molecule is CN(C)CC[n+]1ccc(SC/C=C/C2=C(C(=O)O)N3C(=O)[C@@H](NC(=O)/C(=N\O)c4csc(N)n4)[C@H]3SC2)cc1. The minimum absolute atomic E-state index is 0.0767. The molecule has 1 fully saturated rings. The van der Waals surface area contributed by atoms with E-state index in [0.717, 1.165) is 29.3 Å². The van der Waals surface area contributed by atoms with Gasteiger partial charge in [-0.2, -0.15) is 0 Å². The Hall–Kier alpha value is -3.40. The van der Waals surface area contributed by atoms with Gasteiger partial charge >= 0.3 is 5.97 Å². The van der Waals surface area contributed by atoms with Gasteiger partial charge in [0.05, 0.1) is 6.54 Å². The third-order valence-corrected chi connectivity index (χ3v) is 8.84. The first-order chi connectivity index (χ1) is 18.7. The topological polar surface area (TPSA) is 165 Å². The molecule has 2 atom stereocenters. The van der Waals surface area contributed by atoms with Crippen molar-refractivity contribution in [3.8, 4) is 0 Å². The number of allylic oxidation sites excluding steroid dienone is 1. The summed E-state index contributed by atoms with van der Waals surface area (Å²) in [5, 5.41) is 25.7. The number of anilines is 1. The van der Waals surface area contributed by atoms with E-state index in [1.165, 1.54) is 22.0 Å². The number of nitrogens with zero attached hydrogens (tertiary/aromatic N) is 5. The third kappa shape index (κ3) is 6.61. The quantitative estimate of drug-likeness (QED) is 0.0736. The summed E-state index contributed by atoms with van der Waals surface area (Å²) in [5.41, 5.74) is 5.70. The van der Waals surface area contributed by atoms with E-state index in [2.05, 4.69) is 24.9 Å². The number of nitrogens with two attached hydrogens (primary N) is 1. The number of rotatable bonds is 11. The fourth-order valence-corrected chi connectivity index (χ4v) is 6.49. The molecule has 0 spiro atoms. The first-order valence-corrected chi connectivity index (χ1v) is 14.7. The summed E-state index contributed by atoms with van der Waals surface area (Å²) in [4.78, 5) is 46.0. The van der Waals surface area contributed by atoms with Gasteiger partial charge in [-0.3, -0.25) is 14.5 Å². The fraction of sp³-hybridized carbons (Fsp3) is 0.333. The number of aromatic nitrogens is 2. The summed E-state index contributed by atoms with van der Waals surface area (Å²) in [6.07, 6.45) is 7.68. The highest BCUT2D eigenvalue weighted by Crippen LogP contribution is 2.40. The number of aliphatic carboxylic acids is 1. The number of oxime groups is 1. The number of amides is 2. The number of carbonyl (C=O) groups excluding carboxylic acids is 2. The molecular weight excluding hydrogens is 563 g/mol. The van der Waals surface area contributed by atoms with Crippen molar-refractivity contribution in [1.29, 1.82) is 0 Å². The Labute approximate surface area is 237 Å². The summed E-state index contributed by atoms with van der Waals surface area (Å²) < 4.78 is 2.12. The average molecular weight is 591 g/mol. The van der Waals surface area contributed by atoms with Gasteiger partial charge in [-0.05, 0) is 19.7 Å². The number of β-lactam (4-membered cyclic amide) rings is 1. The van der Waals surface area contributed by atoms with Gasteiger partial charge in [0, 0.05) is 33.9 Å². The zero-order valence-electron chi connectivity index (χ0n) is 21.2. The van der Waals surface area contributed by atoms with Crippen LogP contribution < -0.4 is 15.6 Å². The molecule has 12 nitrogen and oxygen atoms in total. The van der Waals surface area contributed by atoms with E-state index in [4.69, 9.17) is 5.73 Å². The molecule has 0 saturated carbocycles. The largest absolute Gasteiger partial charge is 0.477 e. The Bertz CT molecular complexity index is 1340. The van der Waals surface area contributed by atoms with Crippen LogP contribution in [-0.2, 0) is 20.9 Å². The zero-order chi connectivity index (χ0) is 28.1. The normalized spacial score (nSPS) is 19.4. The number of nitrogens with one attached hydrogen (secondary N) is 1. The molecule has 15 heteroatoms. The summed E-state index contributed by atoms with van der Waals surface area (Å²) in [5.74, 6) is -1.60. The third-order valence-electron chi connectivity index (χ3n) is 5.90. The van der Waals surface area contributed by atoms with E-state index in [1.807, 2.05) is 44.7 Å². The van der Waals surface area contributed by atoms with E-state index in [9.17, 15) is 24.7 Å². The van der Waals surface area contributed by atoms with Crippen molar-refractivity contribution in [3.05, 3.63) is 59.0 Å². The standard InChI is InChI=1S/C24H27N7O5S3/c1-29(2)9-10-30-7-5-15(6-8-30)37-11-3-4-14-12-38-22-18(21(33)31(22)19(14)23(34)35)27-20(32)17(28-36)16-13-39-24(25)26-16/h3-8,13,18,22H,9-12H2,1-2H3,(H4-,25,26,27,32,34,35,36)/p+1/b4-3+/t18-,22-/m1/s1. The highest BCUT2D eigenvalue weighted by molar-refractivity contribution is 8.00. The Balaban J connectivity index is 1.37. The van der Waals surface area contributed by atoms with Gasteiger partial charge in [0.15, 0.2) is 29.8 Å². The predicted molar refractivity (Wildman–Crippen MR) is 150 cm³/mol. The highest BCUT2D eigenvalue weighted by Gasteiger charge is 2.54. The molecule has 4 heterocycles. The van der Waals surface area contributed by atoms with Gasteiger partial charge in [0.1, 0.15) is 22.8 Å². The maximum atomic E-state index is 12.9. The van der Waals surface area contributed by atoms with Gasteiger partial charge < -0.3 is 26.3 Å². The number of hydrogen-bond acceptors (Lipinski definition) is 11. The van der Waals surface area contributed by atoms with Crippen LogP contribution >= 0.6 is 34.9 Å². The summed E-state index contributed by atoms with van der Waals surface area (Å²) in [7, 11) is 4.07.